The molecule has 1 amide bonds. The molecular weight excluding hydrogens is 354 g/mol. The third-order valence-corrected chi connectivity index (χ3v) is 4.89. The van der Waals surface area contributed by atoms with Gasteiger partial charge in [-0.25, -0.2) is 4.79 Å². The number of rotatable bonds is 5. The van der Waals surface area contributed by atoms with Gasteiger partial charge in [0.25, 0.3) is 0 Å². The van der Waals surface area contributed by atoms with Gasteiger partial charge in [0.15, 0.2) is 0 Å². The molecule has 0 aliphatic heterocycles. The quantitative estimate of drug-likeness (QED) is 0.606. The Labute approximate surface area is 165 Å². The van der Waals surface area contributed by atoms with Crippen molar-refractivity contribution < 1.29 is 19.1 Å². The second-order valence-electron chi connectivity index (χ2n) is 8.16. The van der Waals surface area contributed by atoms with Crippen LogP contribution in [-0.4, -0.2) is 23.3 Å². The van der Waals surface area contributed by atoms with E-state index in [0.29, 0.717) is 11.1 Å². The summed E-state index contributed by atoms with van der Waals surface area (Å²) in [4.78, 5) is 37.1. The summed E-state index contributed by atoms with van der Waals surface area (Å²) in [5.41, 5.74) is 0.576. The number of nitrogens with one attached hydrogen (secondary N) is 1. The maximum absolute atomic E-state index is 12.5. The number of hydrogen-bond donors (Lipinski definition) is 1. The van der Waals surface area contributed by atoms with Crippen molar-refractivity contribution in [2.24, 2.45) is 0 Å². The number of Topliss-reactive ketones (excluding diaryl/α,β-unsaturated/α-hetero) is 2. The Bertz CT molecular complexity index is 875. The van der Waals surface area contributed by atoms with E-state index in [9.17, 15) is 14.4 Å². The van der Waals surface area contributed by atoms with E-state index in [4.69, 9.17) is 4.74 Å². The number of amides is 1. The number of ketones is 2. The van der Waals surface area contributed by atoms with E-state index in [2.05, 4.69) is 5.32 Å². The van der Waals surface area contributed by atoms with Crippen LogP contribution in [0.2, 0.25) is 0 Å². The number of alkyl carbamates (subject to hydrolysis) is 1. The van der Waals surface area contributed by atoms with E-state index in [-0.39, 0.29) is 0 Å². The Morgan fingerprint density at radius 2 is 1.39 bits per heavy atom. The molecule has 2 aromatic carbocycles. The van der Waals surface area contributed by atoms with Gasteiger partial charge in [-0.2, -0.15) is 0 Å². The van der Waals surface area contributed by atoms with E-state index in [1.54, 1.807) is 42.5 Å². The first-order valence-corrected chi connectivity index (χ1v) is 9.46. The molecule has 0 aromatic heterocycles. The highest BCUT2D eigenvalue weighted by Gasteiger charge is 2.41. The van der Waals surface area contributed by atoms with Gasteiger partial charge in [0.1, 0.15) is 5.60 Å². The van der Waals surface area contributed by atoms with Gasteiger partial charge in [-0.3, -0.25) is 9.59 Å². The summed E-state index contributed by atoms with van der Waals surface area (Å²) in [6.07, 6.45) is 2.17. The van der Waals surface area contributed by atoms with Crippen molar-refractivity contribution in [1.82, 2.24) is 5.32 Å². The smallest absolute Gasteiger partial charge is 0.408 e. The minimum Gasteiger partial charge on any atom is -0.444 e. The van der Waals surface area contributed by atoms with Gasteiger partial charge in [0.05, 0.1) is 5.54 Å². The van der Waals surface area contributed by atoms with Crippen molar-refractivity contribution in [3.63, 3.8) is 0 Å². The molecule has 0 heterocycles. The molecule has 1 aliphatic rings. The third kappa shape index (κ3) is 4.30. The van der Waals surface area contributed by atoms with E-state index in [0.717, 1.165) is 24.8 Å². The topological polar surface area (TPSA) is 72.5 Å². The molecular formula is C23H25NO4. The Morgan fingerprint density at radius 1 is 0.857 bits per heavy atom. The lowest BCUT2D eigenvalue weighted by Gasteiger charge is -2.43. The predicted octanol–water partition coefficient (Wildman–Crippen LogP) is 4.66. The minimum atomic E-state index is -0.566. The Kier molecular flexibility index (Phi) is 5.36. The third-order valence-electron chi connectivity index (χ3n) is 4.89. The Hall–Kier alpha value is -2.95. The molecule has 1 aliphatic carbocycles. The van der Waals surface area contributed by atoms with Crippen molar-refractivity contribution >= 4 is 17.7 Å². The standard InChI is InChI=1S/C23H25NO4/c1-22(2,3)28-21(27)24-23(14-7-15-23)18-12-10-17(11-13-18)20(26)19(25)16-8-5-4-6-9-16/h4-6,8-13H,7,14-15H2,1-3H3,(H,24,27). The summed E-state index contributed by atoms with van der Waals surface area (Å²) in [7, 11) is 0. The zero-order valence-corrected chi connectivity index (χ0v) is 16.5. The number of hydrogen-bond acceptors (Lipinski definition) is 4. The summed E-state index contributed by atoms with van der Waals surface area (Å²) in [6, 6.07) is 15.4. The summed E-state index contributed by atoms with van der Waals surface area (Å²) in [5, 5.41) is 2.99. The van der Waals surface area contributed by atoms with Gasteiger partial charge in [-0.1, -0.05) is 54.6 Å². The fourth-order valence-corrected chi connectivity index (χ4v) is 3.31. The summed E-state index contributed by atoms with van der Waals surface area (Å²) in [5.74, 6) is -1.07. The van der Waals surface area contributed by atoms with Crippen LogP contribution in [0.15, 0.2) is 54.6 Å². The van der Waals surface area contributed by atoms with E-state index >= 15 is 0 Å². The van der Waals surface area contributed by atoms with Crippen LogP contribution in [0.4, 0.5) is 4.79 Å². The highest BCUT2D eigenvalue weighted by atomic mass is 16.6. The molecule has 2 aromatic rings. The molecule has 146 valence electrons. The van der Waals surface area contributed by atoms with Crippen LogP contribution >= 0.6 is 0 Å². The molecule has 3 rings (SSSR count). The average molecular weight is 379 g/mol. The number of carbonyl (C=O) groups excluding carboxylic acids is 3. The zero-order chi connectivity index (χ0) is 20.4. The second kappa shape index (κ2) is 7.58. The highest BCUT2D eigenvalue weighted by molar-refractivity contribution is 6.49. The summed E-state index contributed by atoms with van der Waals surface area (Å²) < 4.78 is 5.38. The lowest BCUT2D eigenvalue weighted by atomic mass is 9.71. The second-order valence-corrected chi connectivity index (χ2v) is 8.16. The maximum atomic E-state index is 12.5. The number of benzene rings is 2. The molecule has 0 spiro atoms. The molecule has 28 heavy (non-hydrogen) atoms. The normalized spacial score (nSPS) is 15.2. The SMILES string of the molecule is CC(C)(C)OC(=O)NC1(c2ccc(C(=O)C(=O)c3ccccc3)cc2)CCC1. The van der Waals surface area contributed by atoms with Crippen molar-refractivity contribution in [3.8, 4) is 0 Å². The van der Waals surface area contributed by atoms with Gasteiger partial charge in [-0.15, -0.1) is 0 Å². The van der Waals surface area contributed by atoms with Crippen LogP contribution in [-0.2, 0) is 10.3 Å². The predicted molar refractivity (Wildman–Crippen MR) is 106 cm³/mol. The molecule has 5 nitrogen and oxygen atoms in total. The summed E-state index contributed by atoms with van der Waals surface area (Å²) >= 11 is 0. The Balaban J connectivity index is 1.75. The van der Waals surface area contributed by atoms with E-state index in [1.165, 1.54) is 0 Å². The van der Waals surface area contributed by atoms with E-state index < -0.39 is 28.8 Å². The molecule has 5 heteroatoms. The van der Waals surface area contributed by atoms with Gasteiger partial charge >= 0.3 is 6.09 Å². The highest BCUT2D eigenvalue weighted by Crippen LogP contribution is 2.41. The van der Waals surface area contributed by atoms with Crippen molar-refractivity contribution in [3.05, 3.63) is 71.3 Å². The fourth-order valence-electron chi connectivity index (χ4n) is 3.31. The molecule has 0 unspecified atom stereocenters. The molecule has 0 radical (unpaired) electrons. The molecule has 0 saturated heterocycles. The van der Waals surface area contributed by atoms with Gasteiger partial charge in [0, 0.05) is 11.1 Å². The van der Waals surface area contributed by atoms with Crippen LogP contribution in [0.25, 0.3) is 0 Å². The van der Waals surface area contributed by atoms with Gasteiger partial charge < -0.3 is 10.1 Å². The summed E-state index contributed by atoms with van der Waals surface area (Å²) in [6.45, 7) is 5.47. The molecule has 0 bridgehead atoms. The largest absolute Gasteiger partial charge is 0.444 e. The number of ether oxygens (including phenoxy) is 1. The monoisotopic (exact) mass is 379 g/mol. The fraction of sp³-hybridized carbons (Fsp3) is 0.348. The van der Waals surface area contributed by atoms with Gasteiger partial charge in [-0.05, 0) is 45.6 Å². The lowest BCUT2D eigenvalue weighted by Crippen LogP contribution is -2.52. The molecule has 1 saturated carbocycles. The first kappa shape index (κ1) is 19.8. The van der Waals surface area contributed by atoms with Gasteiger partial charge in [0.2, 0.25) is 11.6 Å². The van der Waals surface area contributed by atoms with Crippen LogP contribution < -0.4 is 5.32 Å². The Morgan fingerprint density at radius 3 is 1.86 bits per heavy atom. The van der Waals surface area contributed by atoms with Crippen LogP contribution in [0.5, 0.6) is 0 Å². The zero-order valence-electron chi connectivity index (χ0n) is 16.5. The average Bonchev–Trinajstić information content (AvgIpc) is 2.63. The van der Waals surface area contributed by atoms with E-state index in [1.807, 2.05) is 32.9 Å². The first-order chi connectivity index (χ1) is 13.2. The first-order valence-electron chi connectivity index (χ1n) is 9.46. The maximum Gasteiger partial charge on any atom is 0.408 e. The van der Waals surface area contributed by atoms with Crippen molar-refractivity contribution in [2.45, 2.75) is 51.2 Å². The van der Waals surface area contributed by atoms with Crippen LogP contribution in [0.1, 0.15) is 66.3 Å². The number of carbonyl (C=O) groups is 3. The van der Waals surface area contributed by atoms with Crippen LogP contribution in [0, 0.1) is 0 Å². The van der Waals surface area contributed by atoms with Crippen LogP contribution in [0.3, 0.4) is 0 Å². The van der Waals surface area contributed by atoms with Crippen molar-refractivity contribution in [2.75, 3.05) is 0 Å². The molecule has 1 fully saturated rings. The molecule has 0 atom stereocenters. The molecule has 1 N–H and O–H groups in total. The van der Waals surface area contributed by atoms with Crippen molar-refractivity contribution in [1.29, 1.82) is 0 Å². The lowest BCUT2D eigenvalue weighted by molar-refractivity contribution is 0.0377. The minimum absolute atomic E-state index is 0.337.